The number of pyridine rings is 1. The molecule has 4 aromatic rings. The van der Waals surface area contributed by atoms with Crippen molar-refractivity contribution in [1.82, 2.24) is 25.8 Å². The topological polar surface area (TPSA) is 122 Å². The molecule has 10 heteroatoms. The van der Waals surface area contributed by atoms with Crippen molar-refractivity contribution in [3.8, 4) is 17.0 Å². The highest BCUT2D eigenvalue weighted by molar-refractivity contribution is 6.08. The molecule has 0 saturated carbocycles. The van der Waals surface area contributed by atoms with Crippen molar-refractivity contribution in [1.29, 1.82) is 0 Å². The highest BCUT2D eigenvalue weighted by atomic mass is 16.5. The van der Waals surface area contributed by atoms with E-state index in [0.717, 1.165) is 55.8 Å². The number of benzene rings is 3. The Morgan fingerprint density at radius 2 is 1.57 bits per heavy atom. The van der Waals surface area contributed by atoms with Gasteiger partial charge in [-0.2, -0.15) is 0 Å². The van der Waals surface area contributed by atoms with Gasteiger partial charge in [-0.25, -0.2) is 9.78 Å². The van der Waals surface area contributed by atoms with Crippen LogP contribution in [0.5, 0.6) is 5.75 Å². The van der Waals surface area contributed by atoms with E-state index in [9.17, 15) is 14.4 Å². The summed E-state index contributed by atoms with van der Waals surface area (Å²) in [7, 11) is 0. The molecular weight excluding hydrogens is 642 g/mol. The van der Waals surface area contributed by atoms with E-state index in [1.165, 1.54) is 0 Å². The lowest BCUT2D eigenvalue weighted by Crippen LogP contribution is -2.49. The van der Waals surface area contributed by atoms with E-state index in [-0.39, 0.29) is 31.0 Å². The average Bonchev–Trinajstić information content (AvgIpc) is 3.16. The maximum absolute atomic E-state index is 14.1. The largest absolute Gasteiger partial charge is 0.494 e. The Morgan fingerprint density at radius 1 is 0.843 bits per heavy atom. The molecule has 1 aromatic heterocycles. The van der Waals surface area contributed by atoms with Crippen LogP contribution in [0.4, 0.5) is 4.79 Å². The third-order valence-corrected chi connectivity index (χ3v) is 8.75. The summed E-state index contributed by atoms with van der Waals surface area (Å²) in [5.74, 6) is 0.142. The van der Waals surface area contributed by atoms with Gasteiger partial charge in [0.05, 0.1) is 23.4 Å². The highest BCUT2D eigenvalue weighted by Gasteiger charge is 2.24. The normalized spacial score (nSPS) is 12.3. The summed E-state index contributed by atoms with van der Waals surface area (Å²) in [4.78, 5) is 47.3. The van der Waals surface area contributed by atoms with Crippen LogP contribution in [0, 0.1) is 0 Å². The molecule has 0 fully saturated rings. The maximum atomic E-state index is 14.1. The number of para-hydroxylation sites is 1. The number of amides is 3. The number of hydrogen-bond acceptors (Lipinski definition) is 7. The summed E-state index contributed by atoms with van der Waals surface area (Å²) in [6, 6.07) is 25.5. The van der Waals surface area contributed by atoms with E-state index in [1.54, 1.807) is 6.07 Å². The SMILES string of the molecule is CCCOc1ccc(-c2cc(C(=O)NC(CCCNC(=O)OCc3ccccc3)C(=O)NC(C)CCCN(CC)CC)c3ccccc3n2)cc1. The molecular formula is C41H53N5O5. The number of carbonyl (C=O) groups is 3. The molecule has 3 N–H and O–H groups in total. The predicted molar refractivity (Wildman–Crippen MR) is 203 cm³/mol. The molecule has 3 aromatic carbocycles. The number of ether oxygens (including phenoxy) is 2. The van der Waals surface area contributed by atoms with Crippen molar-refractivity contribution >= 4 is 28.8 Å². The Bertz CT molecular complexity index is 1680. The van der Waals surface area contributed by atoms with Gasteiger partial charge in [0.2, 0.25) is 5.91 Å². The van der Waals surface area contributed by atoms with E-state index in [1.807, 2.05) is 85.8 Å². The van der Waals surface area contributed by atoms with Gasteiger partial charge in [0.25, 0.3) is 5.91 Å². The lowest BCUT2D eigenvalue weighted by Gasteiger charge is -2.23. The third kappa shape index (κ3) is 12.4. The van der Waals surface area contributed by atoms with Crippen molar-refractivity contribution in [2.45, 2.75) is 78.5 Å². The van der Waals surface area contributed by atoms with Crippen molar-refractivity contribution in [2.24, 2.45) is 0 Å². The van der Waals surface area contributed by atoms with E-state index in [4.69, 9.17) is 14.5 Å². The fourth-order valence-corrected chi connectivity index (χ4v) is 5.81. The molecule has 3 amide bonds. The third-order valence-electron chi connectivity index (χ3n) is 8.75. The summed E-state index contributed by atoms with van der Waals surface area (Å²) in [5, 5.41) is 9.59. The zero-order valence-corrected chi connectivity index (χ0v) is 30.5. The van der Waals surface area contributed by atoms with E-state index in [2.05, 4.69) is 41.6 Å². The summed E-state index contributed by atoms with van der Waals surface area (Å²) in [5.41, 5.74) is 3.48. The van der Waals surface area contributed by atoms with Crippen molar-refractivity contribution in [2.75, 3.05) is 32.8 Å². The smallest absolute Gasteiger partial charge is 0.407 e. The molecule has 0 aliphatic carbocycles. The van der Waals surface area contributed by atoms with Gasteiger partial charge in [-0.3, -0.25) is 9.59 Å². The Morgan fingerprint density at radius 3 is 2.29 bits per heavy atom. The molecule has 0 radical (unpaired) electrons. The Balaban J connectivity index is 1.47. The van der Waals surface area contributed by atoms with Crippen LogP contribution in [0.2, 0.25) is 0 Å². The van der Waals surface area contributed by atoms with Crippen LogP contribution in [-0.4, -0.2) is 72.7 Å². The molecule has 0 aliphatic heterocycles. The summed E-state index contributed by atoms with van der Waals surface area (Å²) in [6.45, 7) is 12.4. The molecule has 10 nitrogen and oxygen atoms in total. The molecule has 2 atom stereocenters. The number of hydrogen-bond donors (Lipinski definition) is 3. The maximum Gasteiger partial charge on any atom is 0.407 e. The minimum atomic E-state index is -0.824. The Labute approximate surface area is 302 Å². The van der Waals surface area contributed by atoms with E-state index < -0.39 is 12.1 Å². The lowest BCUT2D eigenvalue weighted by molar-refractivity contribution is -0.123. The van der Waals surface area contributed by atoms with Crippen molar-refractivity contribution in [3.05, 3.63) is 96.1 Å². The Kier molecular flexibility index (Phi) is 15.7. The minimum absolute atomic E-state index is 0.0730. The molecule has 4 rings (SSSR count). The average molecular weight is 696 g/mol. The molecule has 51 heavy (non-hydrogen) atoms. The van der Waals surface area contributed by atoms with Gasteiger partial charge in [-0.15, -0.1) is 0 Å². The summed E-state index contributed by atoms with van der Waals surface area (Å²) >= 11 is 0. The van der Waals surface area contributed by atoms with Crippen LogP contribution >= 0.6 is 0 Å². The number of fused-ring (bicyclic) bond motifs is 1. The zero-order valence-electron chi connectivity index (χ0n) is 30.5. The molecule has 0 bridgehead atoms. The first-order valence-corrected chi connectivity index (χ1v) is 18.2. The number of rotatable bonds is 20. The fourth-order valence-electron chi connectivity index (χ4n) is 5.81. The second kappa shape index (κ2) is 20.7. The van der Waals surface area contributed by atoms with Gasteiger partial charge in [-0.1, -0.05) is 69.3 Å². The minimum Gasteiger partial charge on any atom is -0.494 e. The van der Waals surface area contributed by atoms with Crippen LogP contribution in [0.15, 0.2) is 84.9 Å². The number of nitrogens with one attached hydrogen (secondary N) is 3. The standard InChI is InChI=1S/C41H53N5O5/c1-5-27-50-33-23-21-32(22-24-33)38-28-35(34-18-11-12-19-36(34)44-38)39(47)45-37(40(48)43-30(4)15-14-26-46(6-2)7-3)20-13-25-42-41(49)51-29-31-16-9-8-10-17-31/h8-12,16-19,21-24,28,30,37H,5-7,13-15,20,25-27,29H2,1-4H3,(H,42,49)(H,43,48)(H,45,47). The van der Waals surface area contributed by atoms with Gasteiger partial charge >= 0.3 is 6.09 Å². The predicted octanol–water partition coefficient (Wildman–Crippen LogP) is 7.12. The van der Waals surface area contributed by atoms with Gasteiger partial charge < -0.3 is 30.3 Å². The van der Waals surface area contributed by atoms with Gasteiger partial charge in [0.1, 0.15) is 18.4 Å². The van der Waals surface area contributed by atoms with Gasteiger partial charge in [0, 0.05) is 23.5 Å². The van der Waals surface area contributed by atoms with Crippen molar-refractivity contribution in [3.63, 3.8) is 0 Å². The summed E-state index contributed by atoms with van der Waals surface area (Å²) < 4.78 is 11.1. The number of alkyl carbamates (subject to hydrolysis) is 1. The first kappa shape index (κ1) is 38.8. The molecule has 1 heterocycles. The molecule has 0 saturated heterocycles. The van der Waals surface area contributed by atoms with Crippen LogP contribution in [0.3, 0.4) is 0 Å². The van der Waals surface area contributed by atoms with Gasteiger partial charge in [-0.05, 0) is 101 Å². The number of aromatic nitrogens is 1. The molecule has 272 valence electrons. The van der Waals surface area contributed by atoms with Crippen LogP contribution in [-0.2, 0) is 16.1 Å². The van der Waals surface area contributed by atoms with Crippen molar-refractivity contribution < 1.29 is 23.9 Å². The summed E-state index contributed by atoms with van der Waals surface area (Å²) in [6.07, 6.45) is 2.91. The van der Waals surface area contributed by atoms with E-state index in [0.29, 0.717) is 41.6 Å². The second-order valence-electron chi connectivity index (χ2n) is 12.7. The fraction of sp³-hybridized carbons (Fsp3) is 0.415. The quantitative estimate of drug-likeness (QED) is 0.0842. The zero-order chi connectivity index (χ0) is 36.4. The van der Waals surface area contributed by atoms with Crippen LogP contribution in [0.1, 0.15) is 75.7 Å². The van der Waals surface area contributed by atoms with E-state index >= 15 is 0 Å². The van der Waals surface area contributed by atoms with Crippen LogP contribution in [0.25, 0.3) is 22.2 Å². The second-order valence-corrected chi connectivity index (χ2v) is 12.7. The number of carbonyl (C=O) groups excluding carboxylic acids is 3. The molecule has 0 spiro atoms. The van der Waals surface area contributed by atoms with Gasteiger partial charge in [0.15, 0.2) is 0 Å². The molecule has 0 aliphatic rings. The van der Waals surface area contributed by atoms with Crippen LogP contribution < -0.4 is 20.7 Å². The first-order valence-electron chi connectivity index (χ1n) is 18.2. The lowest BCUT2D eigenvalue weighted by atomic mass is 10.0. The molecule has 2 unspecified atom stereocenters. The highest BCUT2D eigenvalue weighted by Crippen LogP contribution is 2.27. The Hall–Kier alpha value is -4.96. The monoisotopic (exact) mass is 695 g/mol. The number of nitrogens with zero attached hydrogens (tertiary/aromatic N) is 2. The first-order chi connectivity index (χ1) is 24.8.